The van der Waals surface area contributed by atoms with Crippen LogP contribution >= 0.6 is 11.8 Å². The minimum absolute atomic E-state index is 0.210. The molecule has 0 unspecified atom stereocenters. The van der Waals surface area contributed by atoms with Crippen LogP contribution in [0.25, 0.3) is 0 Å². The molecule has 0 aromatic heterocycles. The average molecular weight is 239 g/mol. The molecule has 1 aliphatic rings. The van der Waals surface area contributed by atoms with Gasteiger partial charge in [0.05, 0.1) is 4.90 Å². The molecule has 0 bridgehead atoms. The minimum atomic E-state index is -0.210. The summed E-state index contributed by atoms with van der Waals surface area (Å²) >= 11 is 1.68. The van der Waals surface area contributed by atoms with Crippen molar-refractivity contribution in [3.05, 3.63) is 17.7 Å². The molecule has 1 aromatic rings. The molecule has 4 heteroatoms. The van der Waals surface area contributed by atoms with E-state index in [-0.39, 0.29) is 5.54 Å². The van der Waals surface area contributed by atoms with E-state index in [2.05, 4.69) is 6.07 Å². The number of ether oxygens (including phenoxy) is 2. The van der Waals surface area contributed by atoms with Crippen molar-refractivity contribution in [2.75, 3.05) is 13.0 Å². The molecule has 88 valence electrons. The van der Waals surface area contributed by atoms with Crippen LogP contribution in [0.5, 0.6) is 11.5 Å². The maximum absolute atomic E-state index is 6.05. The van der Waals surface area contributed by atoms with Crippen molar-refractivity contribution in [2.45, 2.75) is 30.7 Å². The van der Waals surface area contributed by atoms with Gasteiger partial charge in [-0.05, 0) is 38.2 Å². The first-order valence-electron chi connectivity index (χ1n) is 5.25. The smallest absolute Gasteiger partial charge is 0.231 e. The van der Waals surface area contributed by atoms with Crippen molar-refractivity contribution in [1.29, 1.82) is 0 Å². The highest BCUT2D eigenvalue weighted by Crippen LogP contribution is 2.42. The highest BCUT2D eigenvalue weighted by molar-refractivity contribution is 7.98. The van der Waals surface area contributed by atoms with Gasteiger partial charge in [0, 0.05) is 5.54 Å². The Morgan fingerprint density at radius 3 is 2.75 bits per heavy atom. The normalized spacial score (nSPS) is 14.2. The molecule has 3 nitrogen and oxygen atoms in total. The number of nitrogens with two attached hydrogens (primary N) is 1. The van der Waals surface area contributed by atoms with Gasteiger partial charge in [-0.2, -0.15) is 0 Å². The van der Waals surface area contributed by atoms with E-state index in [1.54, 1.807) is 11.8 Å². The van der Waals surface area contributed by atoms with E-state index < -0.39 is 0 Å². The van der Waals surface area contributed by atoms with Crippen LogP contribution in [0.2, 0.25) is 0 Å². The third-order valence-electron chi connectivity index (χ3n) is 2.43. The molecule has 1 heterocycles. The molecule has 0 amide bonds. The SMILES string of the molecule is CSc1c(CC(C)(C)N)ccc2c1OCO2. The van der Waals surface area contributed by atoms with Crippen molar-refractivity contribution < 1.29 is 9.47 Å². The predicted molar refractivity (Wildman–Crippen MR) is 66.3 cm³/mol. The number of benzene rings is 1. The van der Waals surface area contributed by atoms with Gasteiger partial charge >= 0.3 is 0 Å². The zero-order valence-corrected chi connectivity index (χ0v) is 10.7. The van der Waals surface area contributed by atoms with Crippen LogP contribution in [0, 0.1) is 0 Å². The topological polar surface area (TPSA) is 44.5 Å². The van der Waals surface area contributed by atoms with E-state index in [0.717, 1.165) is 22.8 Å². The van der Waals surface area contributed by atoms with Crippen LogP contribution < -0.4 is 15.2 Å². The number of fused-ring (bicyclic) bond motifs is 1. The van der Waals surface area contributed by atoms with Crippen molar-refractivity contribution in [2.24, 2.45) is 5.73 Å². The number of hydrogen-bond acceptors (Lipinski definition) is 4. The largest absolute Gasteiger partial charge is 0.454 e. The Morgan fingerprint density at radius 1 is 1.38 bits per heavy atom. The number of thioether (sulfide) groups is 1. The lowest BCUT2D eigenvalue weighted by Gasteiger charge is -2.20. The maximum Gasteiger partial charge on any atom is 0.231 e. The van der Waals surface area contributed by atoms with Crippen LogP contribution in [-0.2, 0) is 6.42 Å². The third-order valence-corrected chi connectivity index (χ3v) is 3.28. The molecule has 0 fully saturated rings. The van der Waals surface area contributed by atoms with Gasteiger partial charge in [0.1, 0.15) is 0 Å². The zero-order valence-electron chi connectivity index (χ0n) is 9.87. The Hall–Kier alpha value is -0.870. The summed E-state index contributed by atoms with van der Waals surface area (Å²) in [6.07, 6.45) is 2.88. The molecule has 1 aliphatic heterocycles. The van der Waals surface area contributed by atoms with E-state index in [1.165, 1.54) is 5.56 Å². The first-order chi connectivity index (χ1) is 7.51. The quantitative estimate of drug-likeness (QED) is 0.823. The molecule has 0 atom stereocenters. The molecule has 2 rings (SSSR count). The minimum Gasteiger partial charge on any atom is -0.454 e. The van der Waals surface area contributed by atoms with Gasteiger partial charge in [-0.1, -0.05) is 6.07 Å². The Balaban J connectivity index is 2.39. The Labute approximate surface area is 100 Å². The fourth-order valence-electron chi connectivity index (χ4n) is 1.84. The van der Waals surface area contributed by atoms with Crippen molar-refractivity contribution in [1.82, 2.24) is 0 Å². The zero-order chi connectivity index (χ0) is 11.8. The van der Waals surface area contributed by atoms with Crippen molar-refractivity contribution in [3.8, 4) is 11.5 Å². The highest BCUT2D eigenvalue weighted by Gasteiger charge is 2.22. The first-order valence-corrected chi connectivity index (χ1v) is 6.48. The molecule has 2 N–H and O–H groups in total. The lowest BCUT2D eigenvalue weighted by molar-refractivity contribution is 0.172. The van der Waals surface area contributed by atoms with Gasteiger partial charge in [-0.25, -0.2) is 0 Å². The summed E-state index contributed by atoms with van der Waals surface area (Å²) in [6.45, 7) is 4.38. The van der Waals surface area contributed by atoms with Crippen LogP contribution in [0.4, 0.5) is 0 Å². The summed E-state index contributed by atoms with van der Waals surface area (Å²) < 4.78 is 10.9. The summed E-state index contributed by atoms with van der Waals surface area (Å²) in [6, 6.07) is 4.04. The molecular weight excluding hydrogens is 222 g/mol. The summed E-state index contributed by atoms with van der Waals surface area (Å²) in [5.41, 5.74) is 7.07. The molecule has 0 aliphatic carbocycles. The summed E-state index contributed by atoms with van der Waals surface area (Å²) in [4.78, 5) is 1.15. The van der Waals surface area contributed by atoms with Gasteiger partial charge in [0.2, 0.25) is 6.79 Å². The van der Waals surface area contributed by atoms with Gasteiger partial charge in [0.25, 0.3) is 0 Å². The van der Waals surface area contributed by atoms with Crippen LogP contribution in [-0.4, -0.2) is 18.6 Å². The third kappa shape index (κ3) is 2.28. The first kappa shape index (κ1) is 11.6. The second-order valence-corrected chi connectivity index (χ2v) is 5.47. The number of rotatable bonds is 3. The maximum atomic E-state index is 6.05. The van der Waals surface area contributed by atoms with Gasteiger partial charge < -0.3 is 15.2 Å². The average Bonchev–Trinajstić information content (AvgIpc) is 2.62. The summed E-state index contributed by atoms with van der Waals surface area (Å²) in [7, 11) is 0. The molecule has 1 aromatic carbocycles. The predicted octanol–water partition coefficient (Wildman–Crippen LogP) is 2.42. The molecule has 16 heavy (non-hydrogen) atoms. The standard InChI is InChI=1S/C12H17NO2S/c1-12(2,13)6-8-4-5-9-10(11(8)16-3)15-7-14-9/h4-5H,6-7,13H2,1-3H3. The lowest BCUT2D eigenvalue weighted by Crippen LogP contribution is -2.34. The van der Waals surface area contributed by atoms with E-state index in [9.17, 15) is 0 Å². The van der Waals surface area contributed by atoms with Gasteiger partial charge in [-0.3, -0.25) is 0 Å². The van der Waals surface area contributed by atoms with Crippen molar-refractivity contribution in [3.63, 3.8) is 0 Å². The van der Waals surface area contributed by atoms with Crippen LogP contribution in [0.15, 0.2) is 17.0 Å². The molecule has 0 radical (unpaired) electrons. The second-order valence-electron chi connectivity index (χ2n) is 4.66. The van der Waals surface area contributed by atoms with E-state index in [4.69, 9.17) is 15.2 Å². The van der Waals surface area contributed by atoms with E-state index in [0.29, 0.717) is 6.79 Å². The lowest BCUT2D eigenvalue weighted by atomic mass is 9.96. The van der Waals surface area contributed by atoms with Gasteiger partial charge in [-0.15, -0.1) is 11.8 Å². The van der Waals surface area contributed by atoms with E-state index >= 15 is 0 Å². The summed E-state index contributed by atoms with van der Waals surface area (Å²) in [5.74, 6) is 1.71. The van der Waals surface area contributed by atoms with E-state index in [1.807, 2.05) is 26.2 Å². The Bertz CT molecular complexity index is 399. The van der Waals surface area contributed by atoms with Crippen LogP contribution in [0.1, 0.15) is 19.4 Å². The molecule has 0 saturated heterocycles. The van der Waals surface area contributed by atoms with Gasteiger partial charge in [0.15, 0.2) is 11.5 Å². The Morgan fingerprint density at radius 2 is 2.12 bits per heavy atom. The summed E-state index contributed by atoms with van der Waals surface area (Å²) in [5, 5.41) is 0. The highest BCUT2D eigenvalue weighted by atomic mass is 32.2. The molecule has 0 spiro atoms. The Kier molecular flexibility index (Phi) is 3.04. The monoisotopic (exact) mass is 239 g/mol. The van der Waals surface area contributed by atoms with Crippen molar-refractivity contribution >= 4 is 11.8 Å². The van der Waals surface area contributed by atoms with Crippen LogP contribution in [0.3, 0.4) is 0 Å². The fourth-order valence-corrected chi connectivity index (χ4v) is 2.59. The number of hydrogen-bond donors (Lipinski definition) is 1. The molecular formula is C12H17NO2S. The fraction of sp³-hybridized carbons (Fsp3) is 0.500. The second kappa shape index (κ2) is 4.18. The molecule has 0 saturated carbocycles.